The van der Waals surface area contributed by atoms with Gasteiger partial charge < -0.3 is 16.2 Å². The SMILES string of the molecule is CC(C)(C)c1nc(N)cc(NCC2CCCCC2CO)n1. The van der Waals surface area contributed by atoms with Crippen molar-refractivity contribution in [2.75, 3.05) is 24.2 Å². The highest BCUT2D eigenvalue weighted by Crippen LogP contribution is 2.30. The molecule has 1 aromatic rings. The topological polar surface area (TPSA) is 84.1 Å². The molecule has 0 saturated heterocycles. The molecule has 1 heterocycles. The van der Waals surface area contributed by atoms with E-state index < -0.39 is 0 Å². The predicted octanol–water partition coefficient (Wildman–Crippen LogP) is 2.57. The third kappa shape index (κ3) is 4.30. The minimum absolute atomic E-state index is 0.121. The van der Waals surface area contributed by atoms with Crippen molar-refractivity contribution in [2.45, 2.75) is 51.9 Å². The van der Waals surface area contributed by atoms with Gasteiger partial charge in [-0.1, -0.05) is 33.6 Å². The van der Waals surface area contributed by atoms with Gasteiger partial charge in [0.25, 0.3) is 0 Å². The van der Waals surface area contributed by atoms with Crippen LogP contribution in [0.4, 0.5) is 11.6 Å². The number of aromatic nitrogens is 2. The van der Waals surface area contributed by atoms with E-state index in [1.807, 2.05) is 0 Å². The first kappa shape index (κ1) is 16.0. The van der Waals surface area contributed by atoms with Crippen molar-refractivity contribution >= 4 is 11.6 Å². The van der Waals surface area contributed by atoms with Crippen molar-refractivity contribution in [1.29, 1.82) is 0 Å². The number of anilines is 2. The quantitative estimate of drug-likeness (QED) is 0.794. The van der Waals surface area contributed by atoms with Gasteiger partial charge in [0.2, 0.25) is 0 Å². The molecule has 118 valence electrons. The molecule has 0 amide bonds. The van der Waals surface area contributed by atoms with Crippen LogP contribution in [0, 0.1) is 11.8 Å². The third-order valence-corrected chi connectivity index (χ3v) is 4.26. The van der Waals surface area contributed by atoms with Crippen LogP contribution in [0.3, 0.4) is 0 Å². The number of hydrogen-bond acceptors (Lipinski definition) is 5. The molecule has 2 unspecified atom stereocenters. The number of nitrogens with zero attached hydrogens (tertiary/aromatic N) is 2. The average molecular weight is 292 g/mol. The van der Waals surface area contributed by atoms with E-state index in [9.17, 15) is 5.11 Å². The van der Waals surface area contributed by atoms with E-state index in [4.69, 9.17) is 5.73 Å². The fourth-order valence-electron chi connectivity index (χ4n) is 2.92. The zero-order valence-corrected chi connectivity index (χ0v) is 13.4. The maximum atomic E-state index is 9.48. The summed E-state index contributed by atoms with van der Waals surface area (Å²) in [5.74, 6) is 2.97. The van der Waals surface area contributed by atoms with E-state index in [1.165, 1.54) is 19.3 Å². The number of aliphatic hydroxyl groups excluding tert-OH is 1. The summed E-state index contributed by atoms with van der Waals surface area (Å²) in [6.07, 6.45) is 4.78. The van der Waals surface area contributed by atoms with E-state index in [2.05, 4.69) is 36.1 Å². The lowest BCUT2D eigenvalue weighted by Crippen LogP contribution is -2.29. The first-order chi connectivity index (χ1) is 9.90. The van der Waals surface area contributed by atoms with Crippen molar-refractivity contribution in [3.63, 3.8) is 0 Å². The third-order valence-electron chi connectivity index (χ3n) is 4.26. The smallest absolute Gasteiger partial charge is 0.138 e. The Morgan fingerprint density at radius 1 is 1.24 bits per heavy atom. The molecule has 1 fully saturated rings. The Balaban J connectivity index is 2.04. The van der Waals surface area contributed by atoms with E-state index >= 15 is 0 Å². The summed E-state index contributed by atoms with van der Waals surface area (Å²) in [5.41, 5.74) is 5.77. The van der Waals surface area contributed by atoms with Crippen LogP contribution in [-0.4, -0.2) is 28.2 Å². The maximum Gasteiger partial charge on any atom is 0.138 e. The van der Waals surface area contributed by atoms with Crippen LogP contribution < -0.4 is 11.1 Å². The number of nitrogens with two attached hydrogens (primary N) is 1. The monoisotopic (exact) mass is 292 g/mol. The van der Waals surface area contributed by atoms with Crippen molar-refractivity contribution in [3.8, 4) is 0 Å². The molecule has 4 N–H and O–H groups in total. The molecule has 21 heavy (non-hydrogen) atoms. The van der Waals surface area contributed by atoms with Gasteiger partial charge in [-0.3, -0.25) is 0 Å². The molecule has 0 aromatic carbocycles. The van der Waals surface area contributed by atoms with Crippen LogP contribution in [0.1, 0.15) is 52.3 Å². The number of rotatable bonds is 4. The molecule has 0 radical (unpaired) electrons. The molecule has 2 rings (SSSR count). The largest absolute Gasteiger partial charge is 0.396 e. The van der Waals surface area contributed by atoms with Gasteiger partial charge in [-0.15, -0.1) is 0 Å². The van der Waals surface area contributed by atoms with Crippen LogP contribution in [0.5, 0.6) is 0 Å². The van der Waals surface area contributed by atoms with Gasteiger partial charge in [-0.05, 0) is 24.7 Å². The van der Waals surface area contributed by atoms with Crippen molar-refractivity contribution in [1.82, 2.24) is 9.97 Å². The van der Waals surface area contributed by atoms with Gasteiger partial charge in [-0.2, -0.15) is 0 Å². The lowest BCUT2D eigenvalue weighted by atomic mass is 9.79. The molecule has 1 aromatic heterocycles. The Morgan fingerprint density at radius 2 is 1.90 bits per heavy atom. The fraction of sp³-hybridized carbons (Fsp3) is 0.750. The molecule has 2 atom stereocenters. The zero-order valence-electron chi connectivity index (χ0n) is 13.4. The summed E-state index contributed by atoms with van der Waals surface area (Å²) >= 11 is 0. The summed E-state index contributed by atoms with van der Waals surface area (Å²) in [5, 5.41) is 12.9. The molecule has 0 aliphatic heterocycles. The first-order valence-electron chi connectivity index (χ1n) is 7.90. The molecule has 5 heteroatoms. The second kappa shape index (κ2) is 6.60. The first-order valence-corrected chi connectivity index (χ1v) is 7.90. The van der Waals surface area contributed by atoms with Gasteiger partial charge in [-0.25, -0.2) is 9.97 Å². The fourth-order valence-corrected chi connectivity index (χ4v) is 2.92. The molecular weight excluding hydrogens is 264 g/mol. The van der Waals surface area contributed by atoms with Gasteiger partial charge in [0.1, 0.15) is 17.5 Å². The number of aliphatic hydroxyl groups is 1. The highest BCUT2D eigenvalue weighted by atomic mass is 16.3. The van der Waals surface area contributed by atoms with Crippen molar-refractivity contribution in [2.24, 2.45) is 11.8 Å². The van der Waals surface area contributed by atoms with E-state index in [0.29, 0.717) is 17.7 Å². The standard InChI is InChI=1S/C16H28N4O/c1-16(2,3)15-19-13(17)8-14(20-15)18-9-11-6-4-5-7-12(11)10-21/h8,11-12,21H,4-7,9-10H2,1-3H3,(H3,17,18,19,20). The second-order valence-electron chi connectivity index (χ2n) is 7.12. The zero-order chi connectivity index (χ0) is 15.5. The van der Waals surface area contributed by atoms with E-state index in [-0.39, 0.29) is 12.0 Å². The predicted molar refractivity (Wildman–Crippen MR) is 86.2 cm³/mol. The van der Waals surface area contributed by atoms with Crippen LogP contribution in [0.2, 0.25) is 0 Å². The van der Waals surface area contributed by atoms with E-state index in [1.54, 1.807) is 6.07 Å². The van der Waals surface area contributed by atoms with Crippen LogP contribution in [0.15, 0.2) is 6.07 Å². The van der Waals surface area contributed by atoms with E-state index in [0.717, 1.165) is 24.6 Å². The Labute approximate surface area is 127 Å². The van der Waals surface area contributed by atoms with Crippen LogP contribution in [0.25, 0.3) is 0 Å². The summed E-state index contributed by atoms with van der Waals surface area (Å²) < 4.78 is 0. The highest BCUT2D eigenvalue weighted by Gasteiger charge is 2.24. The average Bonchev–Trinajstić information content (AvgIpc) is 2.44. The van der Waals surface area contributed by atoms with Gasteiger partial charge in [0.05, 0.1) is 0 Å². The molecular formula is C16H28N4O. The lowest BCUT2D eigenvalue weighted by molar-refractivity contribution is 0.141. The van der Waals surface area contributed by atoms with Gasteiger partial charge in [0, 0.05) is 24.6 Å². The number of nitrogen functional groups attached to an aromatic ring is 1. The minimum atomic E-state index is -0.121. The van der Waals surface area contributed by atoms with Crippen molar-refractivity contribution < 1.29 is 5.11 Å². The Morgan fingerprint density at radius 3 is 2.52 bits per heavy atom. The molecule has 5 nitrogen and oxygen atoms in total. The summed E-state index contributed by atoms with van der Waals surface area (Å²) in [6.45, 7) is 7.36. The summed E-state index contributed by atoms with van der Waals surface area (Å²) in [7, 11) is 0. The minimum Gasteiger partial charge on any atom is -0.396 e. The maximum absolute atomic E-state index is 9.48. The molecule has 1 aliphatic carbocycles. The van der Waals surface area contributed by atoms with Gasteiger partial charge >= 0.3 is 0 Å². The molecule has 0 bridgehead atoms. The van der Waals surface area contributed by atoms with Gasteiger partial charge in [0.15, 0.2) is 0 Å². The summed E-state index contributed by atoms with van der Waals surface area (Å²) in [4.78, 5) is 8.89. The molecule has 1 aliphatic rings. The normalized spacial score (nSPS) is 23.0. The van der Waals surface area contributed by atoms with Crippen molar-refractivity contribution in [3.05, 3.63) is 11.9 Å². The lowest BCUT2D eigenvalue weighted by Gasteiger charge is -2.30. The molecule has 1 saturated carbocycles. The van der Waals surface area contributed by atoms with Crippen LogP contribution in [-0.2, 0) is 5.41 Å². The highest BCUT2D eigenvalue weighted by molar-refractivity contribution is 5.45. The number of hydrogen-bond donors (Lipinski definition) is 3. The van der Waals surface area contributed by atoms with Crippen LogP contribution >= 0.6 is 0 Å². The Hall–Kier alpha value is -1.36. The second-order valence-corrected chi connectivity index (χ2v) is 7.12. The molecule has 0 spiro atoms. The summed E-state index contributed by atoms with van der Waals surface area (Å²) in [6, 6.07) is 1.78. The Bertz CT molecular complexity index is 470. The Kier molecular flexibility index (Phi) is 5.04. The number of nitrogens with one attached hydrogen (secondary N) is 1.